The topological polar surface area (TPSA) is 77.2 Å². The van der Waals surface area contributed by atoms with Crippen molar-refractivity contribution in [1.82, 2.24) is 10.2 Å². The van der Waals surface area contributed by atoms with Crippen molar-refractivity contribution in [1.29, 1.82) is 0 Å². The molecule has 26 heavy (non-hydrogen) atoms. The van der Waals surface area contributed by atoms with E-state index in [9.17, 15) is 4.79 Å². The highest BCUT2D eigenvalue weighted by Crippen LogP contribution is 2.27. The Bertz CT molecular complexity index is 893. The summed E-state index contributed by atoms with van der Waals surface area (Å²) in [4.78, 5) is 12.3. The summed E-state index contributed by atoms with van der Waals surface area (Å²) in [5.41, 5.74) is 2.68. The fourth-order valence-electron chi connectivity index (χ4n) is 2.28. The molecular weight excluding hydrogens is 350 g/mol. The van der Waals surface area contributed by atoms with Gasteiger partial charge in [0.05, 0.1) is 12.4 Å². The molecule has 1 heterocycles. The zero-order valence-electron chi connectivity index (χ0n) is 14.7. The number of thioether (sulfide) groups is 1. The van der Waals surface area contributed by atoms with Crippen LogP contribution in [0.25, 0.3) is 11.5 Å². The normalized spacial score (nSPS) is 11.8. The van der Waals surface area contributed by atoms with E-state index in [1.807, 2.05) is 31.2 Å². The first kappa shape index (κ1) is 18.0. The Kier molecular flexibility index (Phi) is 5.58. The van der Waals surface area contributed by atoms with Gasteiger partial charge in [0.1, 0.15) is 5.75 Å². The first-order valence-electron chi connectivity index (χ1n) is 8.07. The van der Waals surface area contributed by atoms with E-state index in [0.29, 0.717) is 16.8 Å². The summed E-state index contributed by atoms with van der Waals surface area (Å²) in [7, 11) is 1.60. The third-order valence-corrected chi connectivity index (χ3v) is 4.61. The molecular formula is C19H19N3O3S. The maximum Gasteiger partial charge on any atom is 0.277 e. The maximum atomic E-state index is 12.3. The number of carbonyl (C=O) groups excluding carboxylic acids is 1. The van der Waals surface area contributed by atoms with Crippen LogP contribution in [0, 0.1) is 6.92 Å². The minimum absolute atomic E-state index is 0.143. The highest BCUT2D eigenvalue weighted by molar-refractivity contribution is 8.00. The van der Waals surface area contributed by atoms with Crippen LogP contribution in [0.2, 0.25) is 0 Å². The first-order valence-corrected chi connectivity index (χ1v) is 8.95. The third kappa shape index (κ3) is 4.43. The molecule has 0 saturated heterocycles. The molecule has 134 valence electrons. The van der Waals surface area contributed by atoms with Gasteiger partial charge in [-0.3, -0.25) is 4.79 Å². The lowest BCUT2D eigenvalue weighted by Gasteiger charge is -2.10. The predicted octanol–water partition coefficient (Wildman–Crippen LogP) is 4.17. The average molecular weight is 369 g/mol. The molecule has 1 N–H and O–H groups in total. The van der Waals surface area contributed by atoms with Gasteiger partial charge in [-0.05, 0) is 50.2 Å². The molecule has 0 fully saturated rings. The number of hydrogen-bond acceptors (Lipinski definition) is 6. The second-order valence-corrected chi connectivity index (χ2v) is 7.01. The number of methoxy groups -OCH3 is 1. The van der Waals surface area contributed by atoms with Crippen LogP contribution in [-0.2, 0) is 4.79 Å². The SMILES string of the molecule is COc1ccc(NC(=O)[C@H](C)Sc2nnc(-c3cccc(C)c3)o2)cc1. The fraction of sp³-hybridized carbons (Fsp3) is 0.211. The van der Waals surface area contributed by atoms with E-state index in [4.69, 9.17) is 9.15 Å². The van der Waals surface area contributed by atoms with Gasteiger partial charge in [-0.1, -0.05) is 29.5 Å². The highest BCUT2D eigenvalue weighted by atomic mass is 32.2. The van der Waals surface area contributed by atoms with E-state index >= 15 is 0 Å². The number of rotatable bonds is 6. The van der Waals surface area contributed by atoms with Crippen LogP contribution < -0.4 is 10.1 Å². The van der Waals surface area contributed by atoms with Crippen LogP contribution in [0.3, 0.4) is 0 Å². The van der Waals surface area contributed by atoms with Gasteiger partial charge < -0.3 is 14.5 Å². The van der Waals surface area contributed by atoms with Crippen molar-refractivity contribution in [2.24, 2.45) is 0 Å². The van der Waals surface area contributed by atoms with Gasteiger partial charge >= 0.3 is 0 Å². The van der Waals surface area contributed by atoms with Gasteiger partial charge in [-0.2, -0.15) is 0 Å². The largest absolute Gasteiger partial charge is 0.497 e. The number of aryl methyl sites for hydroxylation is 1. The Balaban J connectivity index is 1.62. The highest BCUT2D eigenvalue weighted by Gasteiger charge is 2.19. The molecule has 0 radical (unpaired) electrons. The van der Waals surface area contributed by atoms with Gasteiger partial charge in [0.25, 0.3) is 5.22 Å². The molecule has 6 nitrogen and oxygen atoms in total. The maximum absolute atomic E-state index is 12.3. The van der Waals surface area contributed by atoms with Crippen molar-refractivity contribution in [2.45, 2.75) is 24.3 Å². The Hall–Kier alpha value is -2.80. The number of hydrogen-bond donors (Lipinski definition) is 1. The van der Waals surface area contributed by atoms with Crippen LogP contribution in [0.4, 0.5) is 5.69 Å². The van der Waals surface area contributed by atoms with Gasteiger partial charge in [0.2, 0.25) is 11.8 Å². The molecule has 3 aromatic rings. The third-order valence-electron chi connectivity index (χ3n) is 3.68. The molecule has 1 atom stereocenters. The van der Waals surface area contributed by atoms with Crippen molar-refractivity contribution in [3.63, 3.8) is 0 Å². The molecule has 0 aliphatic heterocycles. The summed E-state index contributed by atoms with van der Waals surface area (Å²) >= 11 is 1.22. The summed E-state index contributed by atoms with van der Waals surface area (Å²) in [6, 6.07) is 15.0. The van der Waals surface area contributed by atoms with Crippen molar-refractivity contribution in [3.8, 4) is 17.2 Å². The van der Waals surface area contributed by atoms with E-state index in [2.05, 4.69) is 15.5 Å². The first-order chi connectivity index (χ1) is 12.5. The Morgan fingerprint density at radius 1 is 1.19 bits per heavy atom. The molecule has 1 aromatic heterocycles. The zero-order chi connectivity index (χ0) is 18.5. The van der Waals surface area contributed by atoms with Gasteiger partial charge in [-0.25, -0.2) is 0 Å². The number of aromatic nitrogens is 2. The van der Waals surface area contributed by atoms with E-state index in [-0.39, 0.29) is 11.2 Å². The summed E-state index contributed by atoms with van der Waals surface area (Å²) < 4.78 is 10.8. The van der Waals surface area contributed by atoms with Crippen LogP contribution in [0.5, 0.6) is 5.75 Å². The molecule has 7 heteroatoms. The van der Waals surface area contributed by atoms with Gasteiger partial charge in [0, 0.05) is 11.3 Å². The lowest BCUT2D eigenvalue weighted by molar-refractivity contribution is -0.115. The number of nitrogens with zero attached hydrogens (tertiary/aromatic N) is 2. The molecule has 0 aliphatic carbocycles. The number of benzene rings is 2. The summed E-state index contributed by atoms with van der Waals surface area (Å²) in [6.45, 7) is 3.79. The van der Waals surface area contributed by atoms with E-state index in [1.54, 1.807) is 38.3 Å². The van der Waals surface area contributed by atoms with Crippen LogP contribution in [0.1, 0.15) is 12.5 Å². The zero-order valence-corrected chi connectivity index (χ0v) is 15.5. The molecule has 0 saturated carbocycles. The molecule has 0 bridgehead atoms. The van der Waals surface area contributed by atoms with Crippen molar-refractivity contribution >= 4 is 23.4 Å². The van der Waals surface area contributed by atoms with Crippen LogP contribution in [0.15, 0.2) is 58.2 Å². The average Bonchev–Trinajstić information content (AvgIpc) is 3.11. The minimum Gasteiger partial charge on any atom is -0.497 e. The van der Waals surface area contributed by atoms with Crippen molar-refractivity contribution in [3.05, 3.63) is 54.1 Å². The molecule has 0 unspecified atom stereocenters. The molecule has 1 amide bonds. The molecule has 3 rings (SSSR count). The number of amides is 1. The minimum atomic E-state index is -0.386. The fourth-order valence-corrected chi connectivity index (χ4v) is 2.96. The monoisotopic (exact) mass is 369 g/mol. The number of anilines is 1. The Labute approximate surface area is 156 Å². The number of nitrogens with one attached hydrogen (secondary N) is 1. The van der Waals surface area contributed by atoms with E-state index < -0.39 is 0 Å². The molecule has 2 aromatic carbocycles. The lowest BCUT2D eigenvalue weighted by atomic mass is 10.1. The van der Waals surface area contributed by atoms with Crippen LogP contribution in [-0.4, -0.2) is 28.5 Å². The second kappa shape index (κ2) is 8.05. The Morgan fingerprint density at radius 2 is 1.96 bits per heavy atom. The van der Waals surface area contributed by atoms with E-state index in [0.717, 1.165) is 16.9 Å². The van der Waals surface area contributed by atoms with Crippen LogP contribution >= 0.6 is 11.8 Å². The van der Waals surface area contributed by atoms with E-state index in [1.165, 1.54) is 11.8 Å². The number of carbonyl (C=O) groups is 1. The smallest absolute Gasteiger partial charge is 0.277 e. The Morgan fingerprint density at radius 3 is 2.65 bits per heavy atom. The number of ether oxygens (including phenoxy) is 1. The lowest BCUT2D eigenvalue weighted by Crippen LogP contribution is -2.22. The second-order valence-electron chi connectivity index (χ2n) is 5.72. The van der Waals surface area contributed by atoms with Crippen molar-refractivity contribution < 1.29 is 13.9 Å². The van der Waals surface area contributed by atoms with Gasteiger partial charge in [-0.15, -0.1) is 10.2 Å². The summed E-state index contributed by atoms with van der Waals surface area (Å²) in [5, 5.41) is 10.9. The molecule has 0 spiro atoms. The molecule has 0 aliphatic rings. The summed E-state index contributed by atoms with van der Waals surface area (Å²) in [6.07, 6.45) is 0. The summed E-state index contributed by atoms with van der Waals surface area (Å²) in [5.74, 6) is 1.04. The standard InChI is InChI=1S/C19H19N3O3S/c1-12-5-4-6-14(11-12)18-21-22-19(25-18)26-13(2)17(23)20-15-7-9-16(24-3)10-8-15/h4-11,13H,1-3H3,(H,20,23)/t13-/m0/s1. The van der Waals surface area contributed by atoms with Crippen molar-refractivity contribution in [2.75, 3.05) is 12.4 Å². The van der Waals surface area contributed by atoms with Gasteiger partial charge in [0.15, 0.2) is 0 Å². The predicted molar refractivity (Wildman–Crippen MR) is 101 cm³/mol. The quantitative estimate of drug-likeness (QED) is 0.657.